The zero-order valence-corrected chi connectivity index (χ0v) is 47.6. The number of unbranched alkanes of at least 4 members (excludes halogenated alkanes) is 25. The van der Waals surface area contributed by atoms with E-state index in [0.29, 0.717) is 19.3 Å². The monoisotopic (exact) mass is 1010 g/mol. The fourth-order valence-electron chi connectivity index (χ4n) is 8.16. The molecule has 0 aliphatic rings. The molecule has 0 spiro atoms. The molecular weight excluding hydrogens is 901 g/mol. The van der Waals surface area contributed by atoms with Crippen molar-refractivity contribution in [2.45, 2.75) is 284 Å². The van der Waals surface area contributed by atoms with Gasteiger partial charge in [-0.25, -0.2) is 0 Å². The van der Waals surface area contributed by atoms with E-state index in [1.165, 1.54) is 89.9 Å². The topological polar surface area (TPSA) is 78.9 Å². The Bertz CT molecular complexity index is 1490. The molecule has 0 saturated carbocycles. The maximum atomic E-state index is 12.9. The van der Waals surface area contributed by atoms with E-state index in [0.717, 1.165) is 148 Å². The van der Waals surface area contributed by atoms with Crippen LogP contribution in [0.4, 0.5) is 0 Å². The van der Waals surface area contributed by atoms with Crippen molar-refractivity contribution >= 4 is 17.9 Å². The molecule has 0 aromatic rings. The van der Waals surface area contributed by atoms with Crippen molar-refractivity contribution in [3.05, 3.63) is 109 Å². The van der Waals surface area contributed by atoms with Crippen LogP contribution in [0.25, 0.3) is 0 Å². The first-order chi connectivity index (χ1) is 36.0. The van der Waals surface area contributed by atoms with Gasteiger partial charge in [-0.3, -0.25) is 14.4 Å². The zero-order chi connectivity index (χ0) is 52.9. The van der Waals surface area contributed by atoms with E-state index >= 15 is 0 Å². The lowest BCUT2D eigenvalue weighted by atomic mass is 10.1. The van der Waals surface area contributed by atoms with Gasteiger partial charge in [0.1, 0.15) is 13.2 Å². The van der Waals surface area contributed by atoms with E-state index in [-0.39, 0.29) is 31.1 Å². The van der Waals surface area contributed by atoms with Gasteiger partial charge in [0.2, 0.25) is 0 Å². The second-order valence-corrected chi connectivity index (χ2v) is 19.9. The van der Waals surface area contributed by atoms with Gasteiger partial charge in [0.05, 0.1) is 0 Å². The molecule has 1 atom stereocenters. The lowest BCUT2D eigenvalue weighted by Gasteiger charge is -2.18. The molecule has 0 radical (unpaired) electrons. The van der Waals surface area contributed by atoms with E-state index in [1.807, 2.05) is 0 Å². The highest BCUT2D eigenvalue weighted by atomic mass is 16.6. The summed E-state index contributed by atoms with van der Waals surface area (Å²) in [6.45, 7) is 6.45. The molecule has 0 heterocycles. The molecule has 0 aliphatic heterocycles. The standard InChI is InChI=1S/C67H112O6/c1-4-7-10-13-16-19-22-25-28-30-31-32-33-34-35-36-37-38-40-42-45-48-51-54-57-60-66(69)72-63-64(62-71-65(68)59-56-53-50-47-44-41-27-24-21-18-15-12-9-6-3)73-67(70)61-58-55-52-49-46-43-39-29-26-23-20-17-14-11-8-5-2/h7,10,15-16,18-20,23-25,27-29,31-32,34-35,39,64H,4-6,8-9,11-14,17,21-22,26,30,33,36-38,40-63H2,1-3H3/b10-7-,18-15-,19-16-,23-20-,27-24-,28-25-,32-31-,35-34-,39-29-. The molecule has 0 aromatic heterocycles. The summed E-state index contributed by atoms with van der Waals surface area (Å²) in [6.07, 6.45) is 82.2. The summed E-state index contributed by atoms with van der Waals surface area (Å²) >= 11 is 0. The van der Waals surface area contributed by atoms with Crippen molar-refractivity contribution in [2.24, 2.45) is 0 Å². The van der Waals surface area contributed by atoms with Gasteiger partial charge in [-0.15, -0.1) is 0 Å². The molecule has 0 fully saturated rings. The third kappa shape index (κ3) is 58.8. The number of allylic oxidation sites excluding steroid dienone is 18. The molecule has 6 nitrogen and oxygen atoms in total. The summed E-state index contributed by atoms with van der Waals surface area (Å²) in [6, 6.07) is 0. The Morgan fingerprint density at radius 3 is 0.877 bits per heavy atom. The van der Waals surface area contributed by atoms with Gasteiger partial charge in [-0.2, -0.15) is 0 Å². The summed E-state index contributed by atoms with van der Waals surface area (Å²) in [7, 11) is 0. The van der Waals surface area contributed by atoms with Crippen LogP contribution in [0, 0.1) is 0 Å². The zero-order valence-electron chi connectivity index (χ0n) is 47.6. The molecule has 0 amide bonds. The first-order valence-electron chi connectivity index (χ1n) is 30.4. The van der Waals surface area contributed by atoms with Crippen molar-refractivity contribution in [1.29, 1.82) is 0 Å². The highest BCUT2D eigenvalue weighted by Gasteiger charge is 2.19. The first-order valence-corrected chi connectivity index (χ1v) is 30.4. The van der Waals surface area contributed by atoms with Gasteiger partial charge < -0.3 is 14.2 Å². The van der Waals surface area contributed by atoms with Crippen LogP contribution in [0.2, 0.25) is 0 Å². The second-order valence-electron chi connectivity index (χ2n) is 19.9. The highest BCUT2D eigenvalue weighted by molar-refractivity contribution is 5.71. The Hall–Kier alpha value is -3.93. The number of carbonyl (C=O) groups is 3. The summed E-state index contributed by atoms with van der Waals surface area (Å²) in [5, 5.41) is 0. The number of hydrogen-bond donors (Lipinski definition) is 0. The molecular formula is C67H112O6. The number of ether oxygens (including phenoxy) is 3. The van der Waals surface area contributed by atoms with Gasteiger partial charge in [-0.05, 0) is 122 Å². The molecule has 0 saturated heterocycles. The maximum absolute atomic E-state index is 12.9. The van der Waals surface area contributed by atoms with Crippen LogP contribution in [0.15, 0.2) is 109 Å². The Labute approximate surface area is 450 Å². The SMILES string of the molecule is CC/C=C\C/C=C\C/C=C\C/C=C\C/C=C\CCCCCCCCCCCC(=O)OCC(COC(=O)CCCCCCC/C=C\C/C=C\CCCC)OC(=O)CCCCCCC/C=C\C/C=C\CCCCCC. The smallest absolute Gasteiger partial charge is 0.306 e. The molecule has 0 N–H and O–H groups in total. The van der Waals surface area contributed by atoms with Crippen LogP contribution in [0.1, 0.15) is 278 Å². The van der Waals surface area contributed by atoms with Crippen LogP contribution >= 0.6 is 0 Å². The number of hydrogen-bond acceptors (Lipinski definition) is 6. The Balaban J connectivity index is 4.38. The number of carbonyl (C=O) groups excluding carboxylic acids is 3. The normalized spacial score (nSPS) is 12.9. The van der Waals surface area contributed by atoms with E-state index in [9.17, 15) is 14.4 Å². The lowest BCUT2D eigenvalue weighted by molar-refractivity contribution is -0.167. The molecule has 6 heteroatoms. The van der Waals surface area contributed by atoms with Crippen LogP contribution in [0.5, 0.6) is 0 Å². The van der Waals surface area contributed by atoms with Gasteiger partial charge in [0, 0.05) is 19.3 Å². The van der Waals surface area contributed by atoms with Gasteiger partial charge in [-0.1, -0.05) is 246 Å². The second kappa shape index (κ2) is 60.6. The minimum atomic E-state index is -0.796. The minimum Gasteiger partial charge on any atom is -0.462 e. The molecule has 0 rings (SSSR count). The van der Waals surface area contributed by atoms with Crippen molar-refractivity contribution in [1.82, 2.24) is 0 Å². The summed E-state index contributed by atoms with van der Waals surface area (Å²) in [5.74, 6) is -0.923. The van der Waals surface area contributed by atoms with Gasteiger partial charge >= 0.3 is 17.9 Å². The van der Waals surface area contributed by atoms with Crippen molar-refractivity contribution in [3.63, 3.8) is 0 Å². The molecule has 0 aromatic carbocycles. The fourth-order valence-corrected chi connectivity index (χ4v) is 8.16. The Kier molecular flexibility index (Phi) is 57.4. The first kappa shape index (κ1) is 69.1. The maximum Gasteiger partial charge on any atom is 0.306 e. The molecule has 0 aliphatic carbocycles. The van der Waals surface area contributed by atoms with Crippen molar-refractivity contribution in [3.8, 4) is 0 Å². The average Bonchev–Trinajstić information content (AvgIpc) is 3.39. The van der Waals surface area contributed by atoms with Crippen LogP contribution < -0.4 is 0 Å². The van der Waals surface area contributed by atoms with E-state index in [4.69, 9.17) is 14.2 Å². The Morgan fingerprint density at radius 1 is 0.288 bits per heavy atom. The minimum absolute atomic E-state index is 0.0925. The van der Waals surface area contributed by atoms with E-state index in [2.05, 4.69) is 130 Å². The third-order valence-corrected chi connectivity index (χ3v) is 12.7. The number of rotatable bonds is 54. The van der Waals surface area contributed by atoms with Crippen LogP contribution in [-0.2, 0) is 28.6 Å². The Morgan fingerprint density at radius 2 is 0.548 bits per heavy atom. The van der Waals surface area contributed by atoms with Crippen molar-refractivity contribution in [2.75, 3.05) is 13.2 Å². The molecule has 416 valence electrons. The molecule has 1 unspecified atom stereocenters. The van der Waals surface area contributed by atoms with E-state index < -0.39 is 6.10 Å². The lowest BCUT2D eigenvalue weighted by Crippen LogP contribution is -2.30. The summed E-state index contributed by atoms with van der Waals surface area (Å²) in [5.41, 5.74) is 0. The predicted molar refractivity (Wildman–Crippen MR) is 316 cm³/mol. The predicted octanol–water partition coefficient (Wildman–Crippen LogP) is 20.7. The van der Waals surface area contributed by atoms with Gasteiger partial charge in [0.15, 0.2) is 6.10 Å². The quantitative estimate of drug-likeness (QED) is 0.0261. The number of esters is 3. The highest BCUT2D eigenvalue weighted by Crippen LogP contribution is 2.15. The summed E-state index contributed by atoms with van der Waals surface area (Å²) in [4.78, 5) is 38.2. The van der Waals surface area contributed by atoms with E-state index in [1.54, 1.807) is 0 Å². The van der Waals surface area contributed by atoms with Crippen LogP contribution in [-0.4, -0.2) is 37.2 Å². The van der Waals surface area contributed by atoms with Crippen molar-refractivity contribution < 1.29 is 28.6 Å². The fraction of sp³-hybridized carbons (Fsp3) is 0.687. The molecule has 73 heavy (non-hydrogen) atoms. The average molecular weight is 1010 g/mol. The largest absolute Gasteiger partial charge is 0.462 e. The van der Waals surface area contributed by atoms with Crippen LogP contribution in [0.3, 0.4) is 0 Å². The third-order valence-electron chi connectivity index (χ3n) is 12.7. The summed E-state index contributed by atoms with van der Waals surface area (Å²) < 4.78 is 16.9. The van der Waals surface area contributed by atoms with Gasteiger partial charge in [0.25, 0.3) is 0 Å². The molecule has 0 bridgehead atoms.